The lowest BCUT2D eigenvalue weighted by atomic mass is 10.2. The molecule has 0 radical (unpaired) electrons. The third-order valence-corrected chi connectivity index (χ3v) is 2.50. The SMILES string of the molecule is CCCC(C)NC(=O)CNC(C)CCOC. The summed E-state index contributed by atoms with van der Waals surface area (Å²) in [5.74, 6) is 0.0743. The summed E-state index contributed by atoms with van der Waals surface area (Å²) < 4.78 is 4.98. The number of carbonyl (C=O) groups is 1. The van der Waals surface area contributed by atoms with Crippen molar-refractivity contribution in [2.45, 2.75) is 52.1 Å². The van der Waals surface area contributed by atoms with Gasteiger partial charge >= 0.3 is 0 Å². The number of hydrogen-bond acceptors (Lipinski definition) is 3. The first-order valence-corrected chi connectivity index (χ1v) is 6.11. The molecule has 0 spiro atoms. The van der Waals surface area contributed by atoms with Crippen LogP contribution in [0.3, 0.4) is 0 Å². The first-order chi connectivity index (χ1) is 7.60. The molecular weight excluding hydrogens is 204 g/mol. The van der Waals surface area contributed by atoms with Gasteiger partial charge in [-0.3, -0.25) is 4.79 Å². The Labute approximate surface area is 99.1 Å². The molecule has 0 aromatic rings. The average Bonchev–Trinajstić information content (AvgIpc) is 2.23. The number of ether oxygens (including phenoxy) is 1. The highest BCUT2D eigenvalue weighted by Gasteiger charge is 2.07. The van der Waals surface area contributed by atoms with Gasteiger partial charge in [-0.25, -0.2) is 0 Å². The van der Waals surface area contributed by atoms with Crippen molar-refractivity contribution >= 4 is 5.91 Å². The molecule has 0 saturated carbocycles. The van der Waals surface area contributed by atoms with Crippen molar-refractivity contribution in [3.8, 4) is 0 Å². The van der Waals surface area contributed by atoms with E-state index in [2.05, 4.69) is 24.5 Å². The van der Waals surface area contributed by atoms with Gasteiger partial charge in [-0.2, -0.15) is 0 Å². The van der Waals surface area contributed by atoms with Gasteiger partial charge in [0.1, 0.15) is 0 Å². The van der Waals surface area contributed by atoms with Crippen LogP contribution in [0, 0.1) is 0 Å². The van der Waals surface area contributed by atoms with Crippen molar-refractivity contribution in [2.75, 3.05) is 20.3 Å². The minimum absolute atomic E-state index is 0.0743. The lowest BCUT2D eigenvalue weighted by Gasteiger charge is -2.16. The van der Waals surface area contributed by atoms with Gasteiger partial charge in [0.25, 0.3) is 0 Å². The molecule has 0 aliphatic rings. The van der Waals surface area contributed by atoms with Crippen LogP contribution in [0.4, 0.5) is 0 Å². The third-order valence-electron chi connectivity index (χ3n) is 2.50. The van der Waals surface area contributed by atoms with Gasteiger partial charge in [-0.05, 0) is 26.7 Å². The number of methoxy groups -OCH3 is 1. The van der Waals surface area contributed by atoms with E-state index in [0.29, 0.717) is 12.6 Å². The minimum atomic E-state index is 0.0743. The van der Waals surface area contributed by atoms with E-state index in [-0.39, 0.29) is 11.9 Å². The summed E-state index contributed by atoms with van der Waals surface area (Å²) >= 11 is 0. The Morgan fingerprint density at radius 2 is 1.94 bits per heavy atom. The third kappa shape index (κ3) is 8.68. The van der Waals surface area contributed by atoms with E-state index >= 15 is 0 Å². The normalized spacial score (nSPS) is 14.5. The van der Waals surface area contributed by atoms with Gasteiger partial charge in [0.05, 0.1) is 6.54 Å². The predicted molar refractivity (Wildman–Crippen MR) is 66.5 cm³/mol. The van der Waals surface area contributed by atoms with Crippen LogP contribution in [0.25, 0.3) is 0 Å². The van der Waals surface area contributed by atoms with Crippen LogP contribution in [-0.4, -0.2) is 38.3 Å². The maximum Gasteiger partial charge on any atom is 0.234 e. The fourth-order valence-corrected chi connectivity index (χ4v) is 1.49. The first-order valence-electron chi connectivity index (χ1n) is 6.11. The van der Waals surface area contributed by atoms with Crippen molar-refractivity contribution in [3.05, 3.63) is 0 Å². The Balaban J connectivity index is 3.56. The largest absolute Gasteiger partial charge is 0.385 e. The van der Waals surface area contributed by atoms with E-state index < -0.39 is 0 Å². The Hall–Kier alpha value is -0.610. The Kier molecular flexibility index (Phi) is 9.24. The summed E-state index contributed by atoms with van der Waals surface area (Å²) in [5, 5.41) is 6.13. The average molecular weight is 230 g/mol. The quantitative estimate of drug-likeness (QED) is 0.628. The van der Waals surface area contributed by atoms with Crippen LogP contribution < -0.4 is 10.6 Å². The molecule has 96 valence electrons. The summed E-state index contributed by atoms with van der Waals surface area (Å²) in [5.41, 5.74) is 0. The van der Waals surface area contributed by atoms with Crippen LogP contribution in [0.2, 0.25) is 0 Å². The van der Waals surface area contributed by atoms with Crippen LogP contribution in [0.1, 0.15) is 40.0 Å². The number of amides is 1. The zero-order valence-corrected chi connectivity index (χ0v) is 11.0. The second-order valence-electron chi connectivity index (χ2n) is 4.32. The Bertz CT molecular complexity index is 186. The summed E-state index contributed by atoms with van der Waals surface area (Å²) in [7, 11) is 1.69. The molecule has 0 bridgehead atoms. The molecule has 2 N–H and O–H groups in total. The van der Waals surface area contributed by atoms with Crippen LogP contribution >= 0.6 is 0 Å². The molecule has 0 fully saturated rings. The van der Waals surface area contributed by atoms with Crippen molar-refractivity contribution in [2.24, 2.45) is 0 Å². The van der Waals surface area contributed by atoms with E-state index in [9.17, 15) is 4.79 Å². The molecule has 0 saturated heterocycles. The van der Waals surface area contributed by atoms with Gasteiger partial charge in [-0.15, -0.1) is 0 Å². The molecule has 0 rings (SSSR count). The lowest BCUT2D eigenvalue weighted by molar-refractivity contribution is -0.121. The van der Waals surface area contributed by atoms with Crippen molar-refractivity contribution in [1.29, 1.82) is 0 Å². The molecule has 2 unspecified atom stereocenters. The van der Waals surface area contributed by atoms with Gasteiger partial charge < -0.3 is 15.4 Å². The second-order valence-corrected chi connectivity index (χ2v) is 4.32. The first kappa shape index (κ1) is 15.4. The predicted octanol–water partition coefficient (Wildman–Crippen LogP) is 1.31. The van der Waals surface area contributed by atoms with E-state index in [1.165, 1.54) is 0 Å². The van der Waals surface area contributed by atoms with Crippen molar-refractivity contribution < 1.29 is 9.53 Å². The number of rotatable bonds is 9. The lowest BCUT2D eigenvalue weighted by Crippen LogP contribution is -2.41. The maximum absolute atomic E-state index is 11.5. The van der Waals surface area contributed by atoms with Gasteiger partial charge in [-0.1, -0.05) is 13.3 Å². The van der Waals surface area contributed by atoms with Gasteiger partial charge in [0, 0.05) is 25.8 Å². The zero-order valence-electron chi connectivity index (χ0n) is 11.0. The minimum Gasteiger partial charge on any atom is -0.385 e. The van der Waals surface area contributed by atoms with E-state index in [0.717, 1.165) is 25.9 Å². The molecule has 4 heteroatoms. The molecule has 0 heterocycles. The monoisotopic (exact) mass is 230 g/mol. The topological polar surface area (TPSA) is 50.4 Å². The maximum atomic E-state index is 11.5. The molecule has 16 heavy (non-hydrogen) atoms. The summed E-state index contributed by atoms with van der Waals surface area (Å²) in [6, 6.07) is 0.584. The number of nitrogens with one attached hydrogen (secondary N) is 2. The molecule has 1 amide bonds. The zero-order chi connectivity index (χ0) is 12.4. The van der Waals surface area contributed by atoms with Gasteiger partial charge in [0.2, 0.25) is 5.91 Å². The molecule has 0 aliphatic carbocycles. The van der Waals surface area contributed by atoms with E-state index in [4.69, 9.17) is 4.74 Å². The fourth-order valence-electron chi connectivity index (χ4n) is 1.49. The molecule has 0 aromatic carbocycles. The summed E-state index contributed by atoms with van der Waals surface area (Å²) in [6.45, 7) is 7.33. The second kappa shape index (κ2) is 9.60. The molecular formula is C12H26N2O2. The molecule has 0 aromatic heterocycles. The highest BCUT2D eigenvalue weighted by molar-refractivity contribution is 5.78. The van der Waals surface area contributed by atoms with E-state index in [1.54, 1.807) is 7.11 Å². The molecule has 4 nitrogen and oxygen atoms in total. The van der Waals surface area contributed by atoms with Crippen molar-refractivity contribution in [1.82, 2.24) is 10.6 Å². The standard InChI is InChI=1S/C12H26N2O2/c1-5-6-11(3)14-12(15)9-13-10(2)7-8-16-4/h10-11,13H,5-9H2,1-4H3,(H,14,15). The fraction of sp³-hybridized carbons (Fsp3) is 0.917. The number of hydrogen-bond donors (Lipinski definition) is 2. The summed E-state index contributed by atoms with van der Waals surface area (Å²) in [4.78, 5) is 11.5. The highest BCUT2D eigenvalue weighted by Crippen LogP contribution is 1.94. The number of carbonyl (C=O) groups excluding carboxylic acids is 1. The van der Waals surface area contributed by atoms with Crippen LogP contribution in [0.5, 0.6) is 0 Å². The summed E-state index contributed by atoms with van der Waals surface area (Å²) in [6.07, 6.45) is 3.05. The van der Waals surface area contributed by atoms with E-state index in [1.807, 2.05) is 6.92 Å². The van der Waals surface area contributed by atoms with Crippen LogP contribution in [0.15, 0.2) is 0 Å². The van der Waals surface area contributed by atoms with Crippen LogP contribution in [-0.2, 0) is 9.53 Å². The van der Waals surface area contributed by atoms with Gasteiger partial charge in [0.15, 0.2) is 0 Å². The smallest absolute Gasteiger partial charge is 0.234 e. The Morgan fingerprint density at radius 3 is 2.50 bits per heavy atom. The molecule has 2 atom stereocenters. The highest BCUT2D eigenvalue weighted by atomic mass is 16.5. The molecule has 0 aliphatic heterocycles. The van der Waals surface area contributed by atoms with Crippen molar-refractivity contribution in [3.63, 3.8) is 0 Å². The Morgan fingerprint density at radius 1 is 1.25 bits per heavy atom.